The molecule has 0 aliphatic heterocycles. The molecule has 5 aromatic carbocycles. The molecule has 79 heavy (non-hydrogen) atoms. The molecule has 0 saturated heterocycles. The molecular weight excluding hydrogens is 1240 g/mol. The van der Waals surface area contributed by atoms with Crippen molar-refractivity contribution in [1.82, 2.24) is 0 Å². The normalized spacial score (nSPS) is 11.7. The Labute approximate surface area is 503 Å². The van der Waals surface area contributed by atoms with E-state index in [1.165, 1.54) is 24.3 Å². The predicted molar refractivity (Wildman–Crippen MR) is 346 cm³/mol. The molecule has 0 saturated carbocycles. The van der Waals surface area contributed by atoms with Crippen LogP contribution in [0.25, 0.3) is 6.08 Å². The van der Waals surface area contributed by atoms with Crippen LogP contribution in [0.1, 0.15) is 113 Å². The van der Waals surface area contributed by atoms with Crippen LogP contribution in [0.3, 0.4) is 0 Å². The van der Waals surface area contributed by atoms with E-state index < -0.39 is 30.9 Å². The Kier molecular flexibility index (Phi) is 30.9. The molecule has 0 aliphatic carbocycles. The fraction of sp³-hybridized carbons (Fsp3) is 0.468. The second kappa shape index (κ2) is 33.4. The molecule has 11 nitrogen and oxygen atoms in total. The highest BCUT2D eigenvalue weighted by Gasteiger charge is 2.39. The van der Waals surface area contributed by atoms with Crippen LogP contribution in [0.5, 0.6) is 28.7 Å². The zero-order valence-electron chi connectivity index (χ0n) is 51.2. The summed E-state index contributed by atoms with van der Waals surface area (Å²) in [5, 5.41) is 18.3. The van der Waals surface area contributed by atoms with Gasteiger partial charge in [-0.05, 0) is 189 Å². The molecule has 0 bridgehead atoms. The lowest BCUT2D eigenvalue weighted by Crippen LogP contribution is -2.40. The van der Waals surface area contributed by atoms with Gasteiger partial charge in [0.2, 0.25) is 0 Å². The number of carboxylic acids is 1. The number of aryl methyl sites for hydroxylation is 1. The van der Waals surface area contributed by atoms with E-state index in [0.29, 0.717) is 30.0 Å². The van der Waals surface area contributed by atoms with E-state index in [1.54, 1.807) is 46.6 Å². The van der Waals surface area contributed by atoms with Crippen LogP contribution < -0.4 is 23.7 Å². The van der Waals surface area contributed by atoms with E-state index in [1.807, 2.05) is 60.7 Å². The lowest BCUT2D eigenvalue weighted by molar-refractivity contribution is 0.0695. The maximum atomic E-state index is 10.6. The SMILES string of the molecule is C=Cc1ccc(OC)cc1CO[Si](C)(C)C(C)(C)C.CCc1ccc(OC)cc1CO[Si](C)(C)C(C)(C)C.COc1ccc(Br)c(C(=O)O)c1.COc1ccc(Br)c(CO)c1.COc1ccc(Br)c(CO[Si](C)(C)C(C)(C)C)c1. The van der Waals surface area contributed by atoms with Gasteiger partial charge in [0.15, 0.2) is 25.0 Å². The summed E-state index contributed by atoms with van der Waals surface area (Å²) in [6.45, 7) is 41.9. The summed E-state index contributed by atoms with van der Waals surface area (Å²) >= 11 is 9.99. The molecule has 0 spiro atoms. The van der Waals surface area contributed by atoms with Crippen LogP contribution in [0.15, 0.2) is 111 Å². The lowest BCUT2D eigenvalue weighted by Gasteiger charge is -2.36. The van der Waals surface area contributed by atoms with Crippen molar-refractivity contribution in [1.29, 1.82) is 0 Å². The standard InChI is InChI=1S/C16H28O2Si.C16H26O2Si.C14H23BrO2Si.C8H7BrO3.C8H9BrO2/c2*1-8-13-9-10-15(17-5)11-14(13)12-18-19(6,7)16(2,3)4;1-14(2,3)18(5,6)17-10-11-9-12(16-4)7-8-13(11)15;1-12-5-2-3-7(9)6(4-5)8(10)11;1-11-7-2-3-8(9)6(4-7)5-10/h9-11H,8,12H2,1-7H3;8-11H,1,12H2,2-7H3;7-9H,10H2,1-6H3;2-4H,1H3,(H,10,11);2-4,10H,5H2,1H3. The average Bonchev–Trinajstić information content (AvgIpc) is 3.39. The molecule has 0 radical (unpaired) electrons. The minimum atomic E-state index is -1.73. The zero-order chi connectivity index (χ0) is 60.7. The Bertz CT molecular complexity index is 2670. The minimum Gasteiger partial charge on any atom is -0.497 e. The van der Waals surface area contributed by atoms with Crippen LogP contribution in [0.2, 0.25) is 54.4 Å². The first-order valence-electron chi connectivity index (χ1n) is 26.2. The number of rotatable bonds is 18. The highest BCUT2D eigenvalue weighted by molar-refractivity contribution is 9.11. The van der Waals surface area contributed by atoms with Gasteiger partial charge in [-0.2, -0.15) is 0 Å². The average molecular weight is 1340 g/mol. The Morgan fingerprint density at radius 3 is 1.16 bits per heavy atom. The molecule has 0 aromatic heterocycles. The topological polar surface area (TPSA) is 131 Å². The van der Waals surface area contributed by atoms with E-state index >= 15 is 0 Å². The Morgan fingerprint density at radius 2 is 0.797 bits per heavy atom. The van der Waals surface area contributed by atoms with Gasteiger partial charge >= 0.3 is 5.97 Å². The van der Waals surface area contributed by atoms with Crippen molar-refractivity contribution in [3.63, 3.8) is 0 Å². The number of halogens is 3. The Hall–Kier alpha value is -3.76. The number of aliphatic hydroxyl groups excluding tert-OH is 1. The fourth-order valence-corrected chi connectivity index (χ4v) is 10.0. The molecule has 17 heteroatoms. The van der Waals surface area contributed by atoms with Gasteiger partial charge in [-0.25, -0.2) is 4.79 Å². The smallest absolute Gasteiger partial charge is 0.336 e. The summed E-state index contributed by atoms with van der Waals surface area (Å²) in [7, 11) is 3.05. The van der Waals surface area contributed by atoms with Crippen molar-refractivity contribution >= 4 is 84.8 Å². The number of aliphatic hydroxyl groups is 1. The highest BCUT2D eigenvalue weighted by Crippen LogP contribution is 2.40. The molecule has 5 aromatic rings. The van der Waals surface area contributed by atoms with E-state index in [9.17, 15) is 4.79 Å². The van der Waals surface area contributed by atoms with E-state index in [-0.39, 0.29) is 27.3 Å². The van der Waals surface area contributed by atoms with Gasteiger partial charge in [-0.3, -0.25) is 0 Å². The maximum Gasteiger partial charge on any atom is 0.336 e. The Balaban J connectivity index is 0.000000501. The molecule has 0 aliphatic rings. The summed E-state index contributed by atoms with van der Waals surface area (Å²) in [4.78, 5) is 10.6. The highest BCUT2D eigenvalue weighted by atomic mass is 79.9. The molecule has 0 unspecified atom stereocenters. The van der Waals surface area contributed by atoms with E-state index in [0.717, 1.165) is 60.6 Å². The number of carbonyl (C=O) groups is 1. The van der Waals surface area contributed by atoms with Gasteiger partial charge in [0.1, 0.15) is 28.7 Å². The quantitative estimate of drug-likeness (QED) is 0.0813. The van der Waals surface area contributed by atoms with Gasteiger partial charge in [0, 0.05) is 13.4 Å². The molecule has 0 amide bonds. The molecular formula is C62H93Br3O11Si3. The van der Waals surface area contributed by atoms with Crippen molar-refractivity contribution in [3.8, 4) is 28.7 Å². The fourth-order valence-electron chi connectivity index (χ4n) is 6.05. The summed E-state index contributed by atoms with van der Waals surface area (Å²) in [5.41, 5.74) is 7.03. The van der Waals surface area contributed by atoms with Crippen molar-refractivity contribution < 1.29 is 52.0 Å². The van der Waals surface area contributed by atoms with Crippen LogP contribution in [0.4, 0.5) is 0 Å². The van der Waals surface area contributed by atoms with Crippen molar-refractivity contribution in [2.75, 3.05) is 35.5 Å². The number of methoxy groups -OCH3 is 5. The van der Waals surface area contributed by atoms with E-state index in [2.05, 4.69) is 175 Å². The van der Waals surface area contributed by atoms with Crippen LogP contribution >= 0.6 is 47.8 Å². The number of hydrogen-bond acceptors (Lipinski definition) is 10. The molecule has 2 N–H and O–H groups in total. The first-order chi connectivity index (χ1) is 36.5. The van der Waals surface area contributed by atoms with Crippen molar-refractivity contribution in [3.05, 3.63) is 150 Å². The van der Waals surface area contributed by atoms with E-state index in [4.69, 9.17) is 47.2 Å². The van der Waals surface area contributed by atoms with Gasteiger partial charge < -0.3 is 47.2 Å². The third kappa shape index (κ3) is 24.3. The summed E-state index contributed by atoms with van der Waals surface area (Å²) in [5.74, 6) is 2.96. The number of aromatic carboxylic acids is 1. The maximum absolute atomic E-state index is 10.6. The second-order valence-corrected chi connectivity index (χ2v) is 40.1. The van der Waals surface area contributed by atoms with Gasteiger partial charge in [-0.1, -0.05) is 126 Å². The molecule has 0 fully saturated rings. The molecule has 5 rings (SSSR count). The first-order valence-corrected chi connectivity index (χ1v) is 37.3. The third-order valence-corrected chi connectivity index (χ3v) is 30.3. The first kappa shape index (κ1) is 73.3. The monoisotopic (exact) mass is 1330 g/mol. The molecule has 440 valence electrons. The van der Waals surface area contributed by atoms with Crippen LogP contribution in [-0.4, -0.2) is 76.7 Å². The molecule has 0 atom stereocenters. The zero-order valence-corrected chi connectivity index (χ0v) is 58.9. The van der Waals surface area contributed by atoms with Gasteiger partial charge in [-0.15, -0.1) is 0 Å². The van der Waals surface area contributed by atoms with Crippen LogP contribution in [0, 0.1) is 0 Å². The summed E-state index contributed by atoms with van der Waals surface area (Å²) < 4.78 is 47.0. The van der Waals surface area contributed by atoms with Crippen LogP contribution in [-0.2, 0) is 46.1 Å². The van der Waals surface area contributed by atoms with Gasteiger partial charge in [0.25, 0.3) is 0 Å². The summed E-state index contributed by atoms with van der Waals surface area (Å²) in [6, 6.07) is 28.5. The molecule has 0 heterocycles. The number of hydrogen-bond donors (Lipinski definition) is 2. The lowest BCUT2D eigenvalue weighted by atomic mass is 10.1. The predicted octanol–water partition coefficient (Wildman–Crippen LogP) is 18.7. The minimum absolute atomic E-state index is 0.0256. The number of benzene rings is 5. The van der Waals surface area contributed by atoms with Gasteiger partial charge in [0.05, 0.1) is 67.5 Å². The van der Waals surface area contributed by atoms with Crippen molar-refractivity contribution in [2.45, 2.75) is 156 Å². The third-order valence-electron chi connectivity index (χ3n) is 14.6. The largest absolute Gasteiger partial charge is 0.497 e. The summed E-state index contributed by atoms with van der Waals surface area (Å²) in [6.07, 6.45) is 2.89. The Morgan fingerprint density at radius 1 is 0.481 bits per heavy atom. The number of carboxylic acid groups (broad SMARTS) is 1. The van der Waals surface area contributed by atoms with Crippen molar-refractivity contribution in [2.24, 2.45) is 0 Å². The number of ether oxygens (including phenoxy) is 5. The second-order valence-electron chi connectivity index (χ2n) is 23.1.